The van der Waals surface area contributed by atoms with Crippen molar-refractivity contribution in [3.8, 4) is 5.69 Å². The third-order valence-corrected chi connectivity index (χ3v) is 7.80. The lowest BCUT2D eigenvalue weighted by Gasteiger charge is -2.34. The normalized spacial score (nSPS) is 14.5. The topological polar surface area (TPSA) is 112 Å². The standard InChI is InChI=1S/C27H32N4O5S/c1-19-18-24(26(33)28-21-8-10-22(11-9-21)37(3,35)36)20(2)31(19)25-7-5-4-6-23(25)27(34)30-14-12-29(13-15-30)16-17-32/h4-11,18,32H,12-17H2,1-3H3,(H,28,33). The summed E-state index contributed by atoms with van der Waals surface area (Å²) in [5.41, 5.74) is 3.71. The summed E-state index contributed by atoms with van der Waals surface area (Å²) in [4.78, 5) is 30.7. The zero-order valence-electron chi connectivity index (χ0n) is 21.3. The molecule has 10 heteroatoms. The molecule has 0 unspecified atom stereocenters. The molecule has 4 rings (SSSR count). The zero-order valence-corrected chi connectivity index (χ0v) is 22.1. The van der Waals surface area contributed by atoms with Crippen LogP contribution in [0, 0.1) is 13.8 Å². The fourth-order valence-electron chi connectivity index (χ4n) is 4.68. The number of benzene rings is 2. The molecule has 1 fully saturated rings. The molecule has 0 spiro atoms. The van der Waals surface area contributed by atoms with Gasteiger partial charge in [0.2, 0.25) is 0 Å². The van der Waals surface area contributed by atoms with E-state index in [1.807, 2.05) is 41.5 Å². The first-order chi connectivity index (χ1) is 17.6. The number of carbonyl (C=O) groups excluding carboxylic acids is 2. The van der Waals surface area contributed by atoms with Crippen LogP contribution in [0.15, 0.2) is 59.5 Å². The smallest absolute Gasteiger partial charge is 0.257 e. The summed E-state index contributed by atoms with van der Waals surface area (Å²) < 4.78 is 25.3. The molecule has 37 heavy (non-hydrogen) atoms. The zero-order chi connectivity index (χ0) is 26.7. The summed E-state index contributed by atoms with van der Waals surface area (Å²) in [7, 11) is -3.32. The van der Waals surface area contributed by atoms with Crippen molar-refractivity contribution in [2.24, 2.45) is 0 Å². The Morgan fingerprint density at radius 2 is 1.59 bits per heavy atom. The van der Waals surface area contributed by atoms with Crippen molar-refractivity contribution in [3.63, 3.8) is 0 Å². The number of hydrogen-bond donors (Lipinski definition) is 2. The van der Waals surface area contributed by atoms with E-state index >= 15 is 0 Å². The Labute approximate surface area is 217 Å². The van der Waals surface area contributed by atoms with E-state index in [4.69, 9.17) is 0 Å². The number of rotatable bonds is 7. The summed E-state index contributed by atoms with van der Waals surface area (Å²) in [6.45, 7) is 7.03. The predicted molar refractivity (Wildman–Crippen MR) is 142 cm³/mol. The highest BCUT2D eigenvalue weighted by Crippen LogP contribution is 2.26. The Kier molecular flexibility index (Phi) is 7.82. The average Bonchev–Trinajstić information content (AvgIpc) is 3.17. The molecule has 2 aromatic carbocycles. The average molecular weight is 525 g/mol. The number of β-amino-alcohol motifs (C(OH)–C–C–N with tert-alkyl or cyclic N) is 1. The molecule has 2 N–H and O–H groups in total. The van der Waals surface area contributed by atoms with Crippen LogP contribution in [0.5, 0.6) is 0 Å². The molecule has 0 saturated carbocycles. The Bertz CT molecular complexity index is 1410. The summed E-state index contributed by atoms with van der Waals surface area (Å²) in [5, 5.41) is 12.0. The highest BCUT2D eigenvalue weighted by molar-refractivity contribution is 7.90. The number of sulfone groups is 1. The Morgan fingerprint density at radius 3 is 2.22 bits per heavy atom. The molecule has 0 radical (unpaired) electrons. The molecule has 9 nitrogen and oxygen atoms in total. The van der Waals surface area contributed by atoms with Crippen LogP contribution in [-0.2, 0) is 9.84 Å². The van der Waals surface area contributed by atoms with Gasteiger partial charge in [-0.3, -0.25) is 14.5 Å². The number of nitrogens with one attached hydrogen (secondary N) is 1. The van der Waals surface area contributed by atoms with Crippen LogP contribution >= 0.6 is 0 Å². The minimum atomic E-state index is -3.32. The van der Waals surface area contributed by atoms with Crippen molar-refractivity contribution in [2.45, 2.75) is 18.7 Å². The van der Waals surface area contributed by atoms with Crippen molar-refractivity contribution in [3.05, 3.63) is 77.1 Å². The molecule has 2 heterocycles. The van der Waals surface area contributed by atoms with E-state index in [1.165, 1.54) is 12.1 Å². The second-order valence-electron chi connectivity index (χ2n) is 9.25. The first-order valence-electron chi connectivity index (χ1n) is 12.1. The number of aliphatic hydroxyl groups is 1. The third-order valence-electron chi connectivity index (χ3n) is 6.67. The molecule has 0 aliphatic carbocycles. The minimum Gasteiger partial charge on any atom is -0.395 e. The van der Waals surface area contributed by atoms with E-state index in [9.17, 15) is 23.1 Å². The molecule has 1 aliphatic rings. The molecule has 3 aromatic rings. The molecule has 0 atom stereocenters. The van der Waals surface area contributed by atoms with Crippen LogP contribution in [0.4, 0.5) is 5.69 Å². The number of nitrogens with zero attached hydrogens (tertiary/aromatic N) is 3. The van der Waals surface area contributed by atoms with Crippen LogP contribution in [0.1, 0.15) is 32.1 Å². The molecule has 1 aromatic heterocycles. The Morgan fingerprint density at radius 1 is 0.946 bits per heavy atom. The fourth-order valence-corrected chi connectivity index (χ4v) is 5.31. The molecule has 2 amide bonds. The Hall–Kier alpha value is -3.47. The third kappa shape index (κ3) is 5.76. The van der Waals surface area contributed by atoms with Gasteiger partial charge >= 0.3 is 0 Å². The van der Waals surface area contributed by atoms with E-state index in [1.54, 1.807) is 24.3 Å². The van der Waals surface area contributed by atoms with E-state index in [-0.39, 0.29) is 23.3 Å². The number of anilines is 1. The molecule has 0 bridgehead atoms. The van der Waals surface area contributed by atoms with E-state index < -0.39 is 9.84 Å². The number of aromatic nitrogens is 1. The van der Waals surface area contributed by atoms with Gasteiger partial charge in [-0.05, 0) is 56.3 Å². The molecule has 196 valence electrons. The van der Waals surface area contributed by atoms with Gasteiger partial charge < -0.3 is 19.9 Å². The van der Waals surface area contributed by atoms with Crippen molar-refractivity contribution < 1.29 is 23.1 Å². The van der Waals surface area contributed by atoms with Crippen molar-refractivity contribution in [1.82, 2.24) is 14.4 Å². The van der Waals surface area contributed by atoms with Gasteiger partial charge in [0.15, 0.2) is 9.84 Å². The van der Waals surface area contributed by atoms with Crippen molar-refractivity contribution in [2.75, 3.05) is 50.9 Å². The second-order valence-corrected chi connectivity index (χ2v) is 11.3. The SMILES string of the molecule is Cc1cc(C(=O)Nc2ccc(S(C)(=O)=O)cc2)c(C)n1-c1ccccc1C(=O)N1CCN(CCO)CC1. The molecule has 1 saturated heterocycles. The van der Waals surface area contributed by atoms with E-state index in [2.05, 4.69) is 10.2 Å². The molecular weight excluding hydrogens is 492 g/mol. The number of hydrogen-bond acceptors (Lipinski definition) is 6. The minimum absolute atomic E-state index is 0.0660. The maximum absolute atomic E-state index is 13.5. The van der Waals surface area contributed by atoms with Gasteiger partial charge in [-0.2, -0.15) is 0 Å². The molecular formula is C27H32N4O5S. The van der Waals surface area contributed by atoms with Crippen LogP contribution < -0.4 is 5.32 Å². The maximum Gasteiger partial charge on any atom is 0.257 e. The number of amides is 2. The highest BCUT2D eigenvalue weighted by atomic mass is 32.2. The number of aliphatic hydroxyl groups excluding tert-OH is 1. The van der Waals surface area contributed by atoms with Gasteiger partial charge in [-0.1, -0.05) is 12.1 Å². The van der Waals surface area contributed by atoms with Crippen LogP contribution in [0.25, 0.3) is 5.69 Å². The quantitative estimate of drug-likeness (QED) is 0.491. The molecule has 1 aliphatic heterocycles. The fraction of sp³-hybridized carbons (Fsp3) is 0.333. The summed E-state index contributed by atoms with van der Waals surface area (Å²) >= 11 is 0. The summed E-state index contributed by atoms with van der Waals surface area (Å²) in [5.74, 6) is -0.390. The van der Waals surface area contributed by atoms with Crippen LogP contribution in [-0.4, -0.2) is 85.3 Å². The Balaban J connectivity index is 1.58. The van der Waals surface area contributed by atoms with E-state index in [0.29, 0.717) is 60.9 Å². The number of carbonyl (C=O) groups is 2. The lowest BCUT2D eigenvalue weighted by Crippen LogP contribution is -2.49. The lowest BCUT2D eigenvalue weighted by atomic mass is 10.1. The number of aryl methyl sites for hydroxylation is 1. The lowest BCUT2D eigenvalue weighted by molar-refractivity contribution is 0.0615. The summed E-state index contributed by atoms with van der Waals surface area (Å²) in [6, 6.07) is 15.2. The van der Waals surface area contributed by atoms with Gasteiger partial charge in [0.1, 0.15) is 0 Å². The monoisotopic (exact) mass is 524 g/mol. The van der Waals surface area contributed by atoms with Crippen LogP contribution in [0.2, 0.25) is 0 Å². The van der Waals surface area contributed by atoms with Gasteiger partial charge in [0.05, 0.1) is 28.3 Å². The van der Waals surface area contributed by atoms with Crippen molar-refractivity contribution in [1.29, 1.82) is 0 Å². The largest absolute Gasteiger partial charge is 0.395 e. The van der Waals surface area contributed by atoms with Gasteiger partial charge in [-0.15, -0.1) is 0 Å². The maximum atomic E-state index is 13.5. The highest BCUT2D eigenvalue weighted by Gasteiger charge is 2.26. The van der Waals surface area contributed by atoms with E-state index in [0.717, 1.165) is 11.9 Å². The first kappa shape index (κ1) is 26.6. The number of para-hydroxylation sites is 1. The first-order valence-corrected chi connectivity index (χ1v) is 14.0. The second kappa shape index (κ2) is 10.9. The summed E-state index contributed by atoms with van der Waals surface area (Å²) in [6.07, 6.45) is 1.13. The van der Waals surface area contributed by atoms with Crippen LogP contribution in [0.3, 0.4) is 0 Å². The van der Waals surface area contributed by atoms with Gasteiger partial charge in [0.25, 0.3) is 11.8 Å². The van der Waals surface area contributed by atoms with Gasteiger partial charge in [-0.25, -0.2) is 8.42 Å². The van der Waals surface area contributed by atoms with Gasteiger partial charge in [0, 0.05) is 56.1 Å². The van der Waals surface area contributed by atoms with Crippen molar-refractivity contribution >= 4 is 27.3 Å². The predicted octanol–water partition coefficient (Wildman–Crippen LogP) is 2.50. The number of piperazine rings is 1.